The highest BCUT2D eigenvalue weighted by molar-refractivity contribution is 5.86. The first-order valence-electron chi connectivity index (χ1n) is 4.05. The molecule has 1 unspecified atom stereocenters. The molecule has 0 aromatic carbocycles. The second kappa shape index (κ2) is 3.15. The summed E-state index contributed by atoms with van der Waals surface area (Å²) in [5.74, 6) is 0.601. The Morgan fingerprint density at radius 1 is 1.70 bits per heavy atom. The van der Waals surface area contributed by atoms with Crippen LogP contribution < -0.4 is 5.73 Å². The number of hydrogen-bond donors (Lipinski definition) is 1. The van der Waals surface area contributed by atoms with E-state index in [1.54, 1.807) is 0 Å². The Morgan fingerprint density at radius 2 is 2.30 bits per heavy atom. The fourth-order valence-electron chi connectivity index (χ4n) is 1.20. The maximum absolute atomic E-state index is 11.2. The lowest BCUT2D eigenvalue weighted by Crippen LogP contribution is -2.37. The summed E-state index contributed by atoms with van der Waals surface area (Å²) >= 11 is 0. The van der Waals surface area contributed by atoms with Crippen LogP contribution in [-0.4, -0.2) is 11.8 Å². The van der Waals surface area contributed by atoms with Gasteiger partial charge < -0.3 is 5.73 Å². The Balaban J connectivity index is 2.32. The topological polar surface area (TPSA) is 43.1 Å². The Labute approximate surface area is 61.8 Å². The van der Waals surface area contributed by atoms with Crippen molar-refractivity contribution in [1.29, 1.82) is 0 Å². The maximum Gasteiger partial charge on any atom is 0.152 e. The summed E-state index contributed by atoms with van der Waals surface area (Å²) in [6, 6.07) is -0.190. The number of ketones is 1. The highest BCUT2D eigenvalue weighted by atomic mass is 16.1. The average Bonchev–Trinajstić information content (AvgIpc) is 1.82. The second-order valence-corrected chi connectivity index (χ2v) is 3.04. The molecular formula is C8H15NO. The van der Waals surface area contributed by atoms with Crippen LogP contribution in [0.3, 0.4) is 0 Å². The molecule has 2 N–H and O–H groups in total. The van der Waals surface area contributed by atoms with Crippen molar-refractivity contribution >= 4 is 5.78 Å². The standard InChI is InChI=1S/C8H15NO/c1-2-7(9)8(10)6-4-3-5-6/h6-7H,2-5,9H2,1H3. The van der Waals surface area contributed by atoms with Crippen molar-refractivity contribution in [2.45, 2.75) is 38.6 Å². The first-order chi connectivity index (χ1) is 4.75. The summed E-state index contributed by atoms with van der Waals surface area (Å²) in [4.78, 5) is 11.2. The van der Waals surface area contributed by atoms with E-state index in [0.29, 0.717) is 5.92 Å². The number of nitrogens with two attached hydrogens (primary N) is 1. The van der Waals surface area contributed by atoms with E-state index in [1.165, 1.54) is 6.42 Å². The van der Waals surface area contributed by atoms with Gasteiger partial charge in [-0.2, -0.15) is 0 Å². The lowest BCUT2D eigenvalue weighted by molar-refractivity contribution is -0.126. The summed E-state index contributed by atoms with van der Waals surface area (Å²) in [5, 5.41) is 0. The summed E-state index contributed by atoms with van der Waals surface area (Å²) in [5.41, 5.74) is 5.58. The molecular weight excluding hydrogens is 126 g/mol. The van der Waals surface area contributed by atoms with Crippen LogP contribution in [-0.2, 0) is 4.79 Å². The van der Waals surface area contributed by atoms with Gasteiger partial charge in [0.25, 0.3) is 0 Å². The molecule has 0 saturated heterocycles. The fraction of sp³-hybridized carbons (Fsp3) is 0.875. The van der Waals surface area contributed by atoms with Gasteiger partial charge in [0.05, 0.1) is 6.04 Å². The van der Waals surface area contributed by atoms with Gasteiger partial charge in [0.2, 0.25) is 0 Å². The molecule has 1 rings (SSSR count). The second-order valence-electron chi connectivity index (χ2n) is 3.04. The molecule has 1 fully saturated rings. The highest BCUT2D eigenvalue weighted by Gasteiger charge is 2.27. The smallest absolute Gasteiger partial charge is 0.152 e. The largest absolute Gasteiger partial charge is 0.322 e. The van der Waals surface area contributed by atoms with Crippen LogP contribution in [0.4, 0.5) is 0 Å². The minimum atomic E-state index is -0.190. The van der Waals surface area contributed by atoms with Gasteiger partial charge in [0, 0.05) is 5.92 Å². The van der Waals surface area contributed by atoms with Crippen LogP contribution in [0, 0.1) is 5.92 Å². The number of Topliss-reactive ketones (excluding diaryl/α,β-unsaturated/α-hetero) is 1. The molecule has 1 aliphatic rings. The van der Waals surface area contributed by atoms with Crippen LogP contribution in [0.15, 0.2) is 0 Å². The molecule has 1 atom stereocenters. The minimum absolute atomic E-state index is 0.190. The highest BCUT2D eigenvalue weighted by Crippen LogP contribution is 2.28. The van der Waals surface area contributed by atoms with Crippen LogP contribution in [0.1, 0.15) is 32.6 Å². The van der Waals surface area contributed by atoms with Crippen LogP contribution in [0.25, 0.3) is 0 Å². The third-order valence-corrected chi connectivity index (χ3v) is 2.31. The molecule has 0 aromatic rings. The van der Waals surface area contributed by atoms with Gasteiger partial charge in [0.1, 0.15) is 0 Å². The molecule has 0 spiro atoms. The lowest BCUT2D eigenvalue weighted by Gasteiger charge is -2.25. The number of hydrogen-bond acceptors (Lipinski definition) is 2. The first kappa shape index (κ1) is 7.73. The lowest BCUT2D eigenvalue weighted by atomic mass is 9.79. The molecule has 0 heterocycles. The Hall–Kier alpha value is -0.370. The molecule has 1 saturated carbocycles. The van der Waals surface area contributed by atoms with E-state index in [0.717, 1.165) is 19.3 Å². The van der Waals surface area contributed by atoms with Crippen LogP contribution in [0.5, 0.6) is 0 Å². The van der Waals surface area contributed by atoms with E-state index in [-0.39, 0.29) is 11.8 Å². The van der Waals surface area contributed by atoms with Crippen LogP contribution in [0.2, 0.25) is 0 Å². The van der Waals surface area contributed by atoms with Gasteiger partial charge in [-0.1, -0.05) is 13.3 Å². The molecule has 0 aromatic heterocycles. The summed E-state index contributed by atoms with van der Waals surface area (Å²) in [6.07, 6.45) is 4.15. The zero-order valence-electron chi connectivity index (χ0n) is 6.47. The van der Waals surface area contributed by atoms with Gasteiger partial charge in [-0.3, -0.25) is 4.79 Å². The van der Waals surface area contributed by atoms with Crippen molar-refractivity contribution in [1.82, 2.24) is 0 Å². The Morgan fingerprint density at radius 3 is 2.60 bits per heavy atom. The fourth-order valence-corrected chi connectivity index (χ4v) is 1.20. The van der Waals surface area contributed by atoms with Gasteiger partial charge in [0.15, 0.2) is 5.78 Å². The third-order valence-electron chi connectivity index (χ3n) is 2.31. The van der Waals surface area contributed by atoms with Gasteiger partial charge in [-0.15, -0.1) is 0 Å². The van der Waals surface area contributed by atoms with Crippen molar-refractivity contribution in [2.75, 3.05) is 0 Å². The van der Waals surface area contributed by atoms with E-state index >= 15 is 0 Å². The molecule has 58 valence electrons. The molecule has 2 nitrogen and oxygen atoms in total. The minimum Gasteiger partial charge on any atom is -0.322 e. The van der Waals surface area contributed by atoms with Crippen molar-refractivity contribution in [3.8, 4) is 0 Å². The van der Waals surface area contributed by atoms with E-state index in [1.807, 2.05) is 6.92 Å². The molecule has 0 radical (unpaired) electrons. The van der Waals surface area contributed by atoms with Crippen molar-refractivity contribution in [2.24, 2.45) is 11.7 Å². The first-order valence-corrected chi connectivity index (χ1v) is 4.05. The predicted molar refractivity (Wildman–Crippen MR) is 40.6 cm³/mol. The van der Waals surface area contributed by atoms with E-state index in [2.05, 4.69) is 0 Å². The third kappa shape index (κ3) is 1.37. The molecule has 0 aliphatic heterocycles. The van der Waals surface area contributed by atoms with Crippen molar-refractivity contribution in [3.05, 3.63) is 0 Å². The zero-order valence-corrected chi connectivity index (χ0v) is 6.47. The molecule has 10 heavy (non-hydrogen) atoms. The number of carbonyl (C=O) groups excluding carboxylic acids is 1. The monoisotopic (exact) mass is 141 g/mol. The van der Waals surface area contributed by atoms with E-state index < -0.39 is 0 Å². The van der Waals surface area contributed by atoms with E-state index in [9.17, 15) is 4.79 Å². The number of carbonyl (C=O) groups is 1. The van der Waals surface area contributed by atoms with Crippen molar-refractivity contribution < 1.29 is 4.79 Å². The van der Waals surface area contributed by atoms with Crippen LogP contribution >= 0.6 is 0 Å². The molecule has 1 aliphatic carbocycles. The van der Waals surface area contributed by atoms with Crippen molar-refractivity contribution in [3.63, 3.8) is 0 Å². The average molecular weight is 141 g/mol. The van der Waals surface area contributed by atoms with Gasteiger partial charge in [-0.05, 0) is 19.3 Å². The molecule has 0 bridgehead atoms. The molecule has 2 heteroatoms. The normalized spacial score (nSPS) is 21.8. The van der Waals surface area contributed by atoms with E-state index in [4.69, 9.17) is 5.73 Å². The summed E-state index contributed by atoms with van der Waals surface area (Å²) < 4.78 is 0. The van der Waals surface area contributed by atoms with Gasteiger partial charge >= 0.3 is 0 Å². The van der Waals surface area contributed by atoms with Gasteiger partial charge in [-0.25, -0.2) is 0 Å². The number of rotatable bonds is 3. The Kier molecular flexibility index (Phi) is 2.44. The summed E-state index contributed by atoms with van der Waals surface area (Å²) in [7, 11) is 0. The predicted octanol–water partition coefficient (Wildman–Crippen LogP) is 1.09. The Bertz CT molecular complexity index is 122. The quantitative estimate of drug-likeness (QED) is 0.639. The maximum atomic E-state index is 11.2. The SMILES string of the molecule is CCC(N)C(=O)C1CCC1. The molecule has 0 amide bonds. The zero-order chi connectivity index (χ0) is 7.56. The summed E-state index contributed by atoms with van der Waals surface area (Å²) in [6.45, 7) is 1.96.